The molecule has 10 heteroatoms. The van der Waals surface area contributed by atoms with E-state index in [0.717, 1.165) is 11.5 Å². The highest BCUT2D eigenvalue weighted by atomic mass is 35.5. The topological polar surface area (TPSA) is 83.1 Å². The summed E-state index contributed by atoms with van der Waals surface area (Å²) in [6.45, 7) is 12.5. The Kier molecular flexibility index (Phi) is 8.24. The Bertz CT molecular complexity index is 782. The Morgan fingerprint density at radius 2 is 1.90 bits per heavy atom. The van der Waals surface area contributed by atoms with E-state index < -0.39 is 43.8 Å². The molecule has 2 rings (SSSR count). The fourth-order valence-electron chi connectivity index (χ4n) is 2.96. The van der Waals surface area contributed by atoms with Crippen molar-refractivity contribution in [2.45, 2.75) is 63.0 Å². The third-order valence-corrected chi connectivity index (χ3v) is 7.66. The highest BCUT2D eigenvalue weighted by molar-refractivity contribution is 6.76. The maximum Gasteiger partial charge on any atom is 0.495 e. The molecule has 0 aromatic heterocycles. The normalized spacial score (nSPS) is 21.5. The van der Waals surface area contributed by atoms with E-state index in [4.69, 9.17) is 30.4 Å². The van der Waals surface area contributed by atoms with Gasteiger partial charge in [-0.05, 0) is 37.8 Å². The monoisotopic (exact) mass is 469 g/mol. The van der Waals surface area contributed by atoms with E-state index in [1.54, 1.807) is 25.1 Å². The maximum atomic E-state index is 12.4. The number of halogens is 1. The minimum absolute atomic E-state index is 0.0486. The number of carbonyl (C=O) groups excluding carboxylic acids is 2. The van der Waals surface area contributed by atoms with Gasteiger partial charge in [0.25, 0.3) is 0 Å². The van der Waals surface area contributed by atoms with Gasteiger partial charge in [-0.2, -0.15) is 0 Å². The Hall–Kier alpha value is -1.55. The summed E-state index contributed by atoms with van der Waals surface area (Å²) in [5.41, 5.74) is 0.694. The lowest BCUT2D eigenvalue weighted by molar-refractivity contribution is -0.142. The standard InChI is InChI=1S/C21H33BClNO6Si/c1-20(2)21(3,23)30-22(29-20)16-10-8-9-15(13-16)17(18(25)27-4)14-24-19(26)28-11-12-31(5,6)7/h8-10,13,17H,11-12,14H2,1-7H3,(H,24,26). The van der Waals surface area contributed by atoms with Crippen LogP contribution in [-0.4, -0.2) is 58.2 Å². The molecule has 1 N–H and O–H groups in total. The number of ether oxygens (including phenoxy) is 2. The molecule has 0 saturated carbocycles. The van der Waals surface area contributed by atoms with Crippen molar-refractivity contribution in [3.8, 4) is 0 Å². The van der Waals surface area contributed by atoms with Crippen molar-refractivity contribution in [1.82, 2.24) is 5.32 Å². The summed E-state index contributed by atoms with van der Waals surface area (Å²) in [7, 11) is -0.653. The number of rotatable bonds is 8. The van der Waals surface area contributed by atoms with Gasteiger partial charge >= 0.3 is 19.2 Å². The van der Waals surface area contributed by atoms with Crippen molar-refractivity contribution in [1.29, 1.82) is 0 Å². The van der Waals surface area contributed by atoms with E-state index in [1.165, 1.54) is 7.11 Å². The van der Waals surface area contributed by atoms with Gasteiger partial charge in [-0.1, -0.05) is 55.5 Å². The van der Waals surface area contributed by atoms with Crippen LogP contribution >= 0.6 is 11.6 Å². The molecule has 1 amide bonds. The first kappa shape index (κ1) is 25.7. The fourth-order valence-corrected chi connectivity index (χ4v) is 3.80. The molecule has 7 nitrogen and oxygen atoms in total. The van der Waals surface area contributed by atoms with Crippen molar-refractivity contribution in [2.75, 3.05) is 20.3 Å². The van der Waals surface area contributed by atoms with E-state index in [0.29, 0.717) is 12.2 Å². The molecule has 1 saturated heterocycles. The number of methoxy groups -OCH3 is 1. The van der Waals surface area contributed by atoms with E-state index in [1.807, 2.05) is 19.9 Å². The molecule has 1 aromatic rings. The van der Waals surface area contributed by atoms with Gasteiger partial charge in [0.2, 0.25) is 0 Å². The number of alkyl carbamates (subject to hydrolysis) is 1. The number of amides is 1. The average Bonchev–Trinajstić information content (AvgIpc) is 2.88. The molecule has 1 aliphatic rings. The third-order valence-electron chi connectivity index (χ3n) is 5.41. The van der Waals surface area contributed by atoms with Crippen LogP contribution in [0.3, 0.4) is 0 Å². The molecule has 1 fully saturated rings. The van der Waals surface area contributed by atoms with Gasteiger partial charge in [-0.3, -0.25) is 4.79 Å². The second kappa shape index (κ2) is 9.94. The molecule has 1 aliphatic heterocycles. The molecule has 0 aliphatic carbocycles. The van der Waals surface area contributed by atoms with Crippen LogP contribution in [0, 0.1) is 0 Å². The van der Waals surface area contributed by atoms with Crippen LogP contribution in [0.5, 0.6) is 0 Å². The Morgan fingerprint density at radius 1 is 1.23 bits per heavy atom. The second-order valence-corrected chi connectivity index (χ2v) is 15.9. The number of hydrogen-bond acceptors (Lipinski definition) is 6. The largest absolute Gasteiger partial charge is 0.495 e. The van der Waals surface area contributed by atoms with Gasteiger partial charge in [0.05, 0.1) is 25.2 Å². The Morgan fingerprint density at radius 3 is 2.45 bits per heavy atom. The van der Waals surface area contributed by atoms with Gasteiger partial charge < -0.3 is 24.1 Å². The van der Waals surface area contributed by atoms with Crippen LogP contribution in [0.4, 0.5) is 4.79 Å². The summed E-state index contributed by atoms with van der Waals surface area (Å²) in [6, 6.07) is 8.12. The van der Waals surface area contributed by atoms with E-state index in [-0.39, 0.29) is 6.54 Å². The first-order valence-electron chi connectivity index (χ1n) is 10.4. The van der Waals surface area contributed by atoms with E-state index >= 15 is 0 Å². The average molecular weight is 470 g/mol. The highest BCUT2D eigenvalue weighted by Crippen LogP contribution is 2.40. The van der Waals surface area contributed by atoms with Crippen molar-refractivity contribution in [3.05, 3.63) is 29.8 Å². The van der Waals surface area contributed by atoms with Crippen molar-refractivity contribution in [2.24, 2.45) is 0 Å². The Balaban J connectivity index is 2.09. The van der Waals surface area contributed by atoms with Crippen LogP contribution in [-0.2, 0) is 23.6 Å². The lowest BCUT2D eigenvalue weighted by atomic mass is 9.77. The predicted octanol–water partition coefficient (Wildman–Crippen LogP) is 3.48. The lowest BCUT2D eigenvalue weighted by Crippen LogP contribution is -2.39. The quantitative estimate of drug-likeness (QED) is 0.356. The number of carbonyl (C=O) groups is 2. The molecular weight excluding hydrogens is 437 g/mol. The zero-order valence-electron chi connectivity index (χ0n) is 19.4. The zero-order chi connectivity index (χ0) is 23.4. The molecule has 0 bridgehead atoms. The van der Waals surface area contributed by atoms with Gasteiger partial charge in [0.1, 0.15) is 0 Å². The molecule has 2 unspecified atom stereocenters. The Labute approximate surface area is 191 Å². The molecule has 0 radical (unpaired) electrons. The second-order valence-electron chi connectivity index (χ2n) is 9.57. The molecular formula is C21H33BClNO6Si. The summed E-state index contributed by atoms with van der Waals surface area (Å²) in [5, 5.41) is 1.68. The van der Waals surface area contributed by atoms with Gasteiger partial charge in [-0.25, -0.2) is 4.79 Å². The summed E-state index contributed by atoms with van der Waals surface area (Å²) < 4.78 is 22.1. The smallest absolute Gasteiger partial charge is 0.468 e. The van der Waals surface area contributed by atoms with Crippen molar-refractivity contribution >= 4 is 44.3 Å². The molecule has 31 heavy (non-hydrogen) atoms. The number of nitrogens with one attached hydrogen (secondary N) is 1. The maximum absolute atomic E-state index is 12.4. The fraction of sp³-hybridized carbons (Fsp3) is 0.619. The molecule has 1 heterocycles. The number of alkyl halides is 1. The minimum atomic E-state index is -1.30. The van der Waals surface area contributed by atoms with Gasteiger partial charge in [0, 0.05) is 14.6 Å². The molecule has 2 atom stereocenters. The highest BCUT2D eigenvalue weighted by Gasteiger charge is 2.53. The number of esters is 1. The van der Waals surface area contributed by atoms with Crippen molar-refractivity contribution < 1.29 is 28.4 Å². The summed E-state index contributed by atoms with van der Waals surface area (Å²) >= 11 is 6.45. The molecule has 1 aromatic carbocycles. The van der Waals surface area contributed by atoms with E-state index in [9.17, 15) is 9.59 Å². The van der Waals surface area contributed by atoms with Crippen LogP contribution in [0.15, 0.2) is 24.3 Å². The van der Waals surface area contributed by atoms with Crippen molar-refractivity contribution in [3.63, 3.8) is 0 Å². The number of hydrogen-bond donors (Lipinski definition) is 1. The first-order valence-corrected chi connectivity index (χ1v) is 14.5. The van der Waals surface area contributed by atoms with E-state index in [2.05, 4.69) is 25.0 Å². The van der Waals surface area contributed by atoms with Crippen LogP contribution in [0.25, 0.3) is 0 Å². The zero-order valence-corrected chi connectivity index (χ0v) is 21.2. The van der Waals surface area contributed by atoms with Gasteiger partial charge in [-0.15, -0.1) is 0 Å². The van der Waals surface area contributed by atoms with Crippen LogP contribution < -0.4 is 10.8 Å². The SMILES string of the molecule is COC(=O)C(CNC(=O)OCC[Si](C)(C)C)c1cccc(B2OC(C)(C)C(C)(Cl)O2)c1. The molecule has 172 valence electrons. The summed E-state index contributed by atoms with van der Waals surface area (Å²) in [6.07, 6.45) is -0.551. The number of benzene rings is 1. The van der Waals surface area contributed by atoms with Gasteiger partial charge in [0.15, 0.2) is 5.06 Å². The molecule has 0 spiro atoms. The predicted molar refractivity (Wildman–Crippen MR) is 125 cm³/mol. The summed E-state index contributed by atoms with van der Waals surface area (Å²) in [4.78, 5) is 24.5. The van der Waals surface area contributed by atoms with Crippen LogP contribution in [0.2, 0.25) is 25.7 Å². The lowest BCUT2D eigenvalue weighted by Gasteiger charge is -2.29. The first-order chi connectivity index (χ1) is 14.3. The minimum Gasteiger partial charge on any atom is -0.468 e. The summed E-state index contributed by atoms with van der Waals surface area (Å²) in [5.74, 6) is -1.17. The third kappa shape index (κ3) is 6.97. The van der Waals surface area contributed by atoms with Crippen LogP contribution in [0.1, 0.15) is 32.3 Å².